The lowest BCUT2D eigenvalue weighted by Gasteiger charge is -2.37. The van der Waals surface area contributed by atoms with Crippen LogP contribution in [0.1, 0.15) is 37.0 Å². The summed E-state index contributed by atoms with van der Waals surface area (Å²) in [5.74, 6) is 0.147. The molecule has 5 heteroatoms. The van der Waals surface area contributed by atoms with Crippen LogP contribution in [0.3, 0.4) is 0 Å². The Hall–Kier alpha value is -1.59. The number of amides is 1. The highest BCUT2D eigenvalue weighted by Crippen LogP contribution is 2.18. The lowest BCUT2D eigenvalue weighted by Crippen LogP contribution is -2.50. The van der Waals surface area contributed by atoms with E-state index in [0.29, 0.717) is 12.1 Å². The maximum absolute atomic E-state index is 12.8. The summed E-state index contributed by atoms with van der Waals surface area (Å²) in [6, 6.07) is 8.93. The van der Waals surface area contributed by atoms with E-state index < -0.39 is 0 Å². The van der Waals surface area contributed by atoms with Gasteiger partial charge in [0, 0.05) is 62.7 Å². The van der Waals surface area contributed by atoms with Gasteiger partial charge in [-0.3, -0.25) is 9.69 Å². The molecule has 1 aromatic rings. The van der Waals surface area contributed by atoms with Gasteiger partial charge in [0.1, 0.15) is 0 Å². The number of ether oxygens (including phenoxy) is 1. The summed E-state index contributed by atoms with van der Waals surface area (Å²) < 4.78 is 5.40. The van der Waals surface area contributed by atoms with E-state index in [-0.39, 0.29) is 5.91 Å². The van der Waals surface area contributed by atoms with Crippen LogP contribution < -0.4 is 5.32 Å². The number of rotatable bonds is 4. The van der Waals surface area contributed by atoms with Gasteiger partial charge < -0.3 is 15.0 Å². The van der Waals surface area contributed by atoms with E-state index in [2.05, 4.69) is 24.1 Å². The molecule has 0 aliphatic carbocycles. The number of piperazine rings is 1. The number of carbonyl (C=O) groups is 1. The van der Waals surface area contributed by atoms with E-state index >= 15 is 0 Å². The van der Waals surface area contributed by atoms with Crippen LogP contribution in [0.2, 0.25) is 0 Å². The highest BCUT2D eigenvalue weighted by Gasteiger charge is 2.23. The number of hydrogen-bond donors (Lipinski definition) is 1. The van der Waals surface area contributed by atoms with Crippen LogP contribution in [0, 0.1) is 0 Å². The Balaban J connectivity index is 1.60. The fourth-order valence-corrected chi connectivity index (χ4v) is 3.44. The third-order valence-electron chi connectivity index (χ3n) is 5.03. The van der Waals surface area contributed by atoms with E-state index in [1.165, 1.54) is 0 Å². The fourth-order valence-electron chi connectivity index (χ4n) is 3.44. The maximum Gasteiger partial charge on any atom is 0.254 e. The number of nitrogens with one attached hydrogen (secondary N) is 1. The fraction of sp³-hybridized carbons (Fsp3) is 0.632. The third kappa shape index (κ3) is 4.28. The van der Waals surface area contributed by atoms with Crippen LogP contribution in [-0.2, 0) is 4.74 Å². The SMILES string of the molecule is CC(C)N1CCN(C(=O)c2cccc(NC3CCOCC3)c2)CC1. The standard InChI is InChI=1S/C19H29N3O2/c1-15(2)21-8-10-22(11-9-21)19(23)16-4-3-5-18(14-16)20-17-6-12-24-13-7-17/h3-5,14-15,17,20H,6-13H2,1-2H3. The Labute approximate surface area is 145 Å². The summed E-state index contributed by atoms with van der Waals surface area (Å²) in [6.07, 6.45) is 2.05. The molecule has 0 aromatic heterocycles. The maximum atomic E-state index is 12.8. The molecular weight excluding hydrogens is 302 g/mol. The molecule has 0 unspecified atom stereocenters. The van der Waals surface area contributed by atoms with Gasteiger partial charge in [0.2, 0.25) is 0 Å². The van der Waals surface area contributed by atoms with Gasteiger partial charge in [-0.15, -0.1) is 0 Å². The Kier molecular flexibility index (Phi) is 5.74. The van der Waals surface area contributed by atoms with Gasteiger partial charge in [0.05, 0.1) is 0 Å². The lowest BCUT2D eigenvalue weighted by molar-refractivity contribution is 0.0595. The van der Waals surface area contributed by atoms with Crippen LogP contribution >= 0.6 is 0 Å². The second kappa shape index (κ2) is 7.99. The van der Waals surface area contributed by atoms with E-state index in [9.17, 15) is 4.79 Å². The average molecular weight is 331 g/mol. The number of anilines is 1. The van der Waals surface area contributed by atoms with Crippen molar-refractivity contribution < 1.29 is 9.53 Å². The van der Waals surface area contributed by atoms with Crippen molar-refractivity contribution in [3.8, 4) is 0 Å². The molecule has 24 heavy (non-hydrogen) atoms. The van der Waals surface area contributed by atoms with Crippen molar-refractivity contribution >= 4 is 11.6 Å². The average Bonchev–Trinajstić information content (AvgIpc) is 2.62. The molecule has 3 rings (SSSR count). The minimum absolute atomic E-state index is 0.147. The minimum atomic E-state index is 0.147. The van der Waals surface area contributed by atoms with E-state index in [4.69, 9.17) is 4.74 Å². The number of carbonyl (C=O) groups excluding carboxylic acids is 1. The van der Waals surface area contributed by atoms with Crippen LogP contribution in [-0.4, -0.2) is 67.2 Å². The number of benzene rings is 1. The van der Waals surface area contributed by atoms with Crippen molar-refractivity contribution in [3.63, 3.8) is 0 Å². The van der Waals surface area contributed by atoms with Crippen molar-refractivity contribution in [2.75, 3.05) is 44.7 Å². The van der Waals surface area contributed by atoms with Crippen molar-refractivity contribution in [2.45, 2.75) is 38.8 Å². The molecule has 0 atom stereocenters. The van der Waals surface area contributed by atoms with Crippen molar-refractivity contribution in [1.82, 2.24) is 9.80 Å². The molecule has 0 bridgehead atoms. The van der Waals surface area contributed by atoms with Gasteiger partial charge in [-0.1, -0.05) is 6.07 Å². The summed E-state index contributed by atoms with van der Waals surface area (Å²) in [6.45, 7) is 9.61. The lowest BCUT2D eigenvalue weighted by atomic mass is 10.1. The van der Waals surface area contributed by atoms with Crippen LogP contribution in [0.25, 0.3) is 0 Å². The van der Waals surface area contributed by atoms with Crippen LogP contribution in [0.15, 0.2) is 24.3 Å². The molecular formula is C19H29N3O2. The normalized spacial score (nSPS) is 20.4. The summed E-state index contributed by atoms with van der Waals surface area (Å²) in [5, 5.41) is 3.54. The zero-order valence-electron chi connectivity index (χ0n) is 14.8. The topological polar surface area (TPSA) is 44.8 Å². The molecule has 0 radical (unpaired) electrons. The molecule has 1 amide bonds. The molecule has 2 heterocycles. The van der Waals surface area contributed by atoms with Gasteiger partial charge in [-0.25, -0.2) is 0 Å². The molecule has 2 aliphatic rings. The summed E-state index contributed by atoms with van der Waals surface area (Å²) in [7, 11) is 0. The monoisotopic (exact) mass is 331 g/mol. The second-order valence-corrected chi connectivity index (χ2v) is 7.03. The third-order valence-corrected chi connectivity index (χ3v) is 5.03. The van der Waals surface area contributed by atoms with Crippen molar-refractivity contribution in [3.05, 3.63) is 29.8 Å². The van der Waals surface area contributed by atoms with Gasteiger partial charge in [-0.2, -0.15) is 0 Å². The zero-order valence-corrected chi connectivity index (χ0v) is 14.8. The Morgan fingerprint density at radius 3 is 2.54 bits per heavy atom. The predicted molar refractivity (Wildman–Crippen MR) is 96.5 cm³/mol. The molecule has 1 aromatic carbocycles. The molecule has 2 fully saturated rings. The molecule has 2 saturated heterocycles. The van der Waals surface area contributed by atoms with E-state index in [1.807, 2.05) is 29.2 Å². The van der Waals surface area contributed by atoms with Crippen molar-refractivity contribution in [2.24, 2.45) is 0 Å². The first-order valence-corrected chi connectivity index (χ1v) is 9.11. The molecule has 0 spiro atoms. The minimum Gasteiger partial charge on any atom is -0.382 e. The molecule has 132 valence electrons. The van der Waals surface area contributed by atoms with Crippen LogP contribution in [0.4, 0.5) is 5.69 Å². The summed E-state index contributed by atoms with van der Waals surface area (Å²) in [5.41, 5.74) is 1.82. The first-order chi connectivity index (χ1) is 11.6. The molecule has 0 saturated carbocycles. The van der Waals surface area contributed by atoms with Crippen molar-refractivity contribution in [1.29, 1.82) is 0 Å². The van der Waals surface area contributed by atoms with Gasteiger partial charge in [-0.05, 0) is 44.9 Å². The van der Waals surface area contributed by atoms with E-state index in [0.717, 1.165) is 63.5 Å². The van der Waals surface area contributed by atoms with Gasteiger partial charge >= 0.3 is 0 Å². The molecule has 2 aliphatic heterocycles. The largest absolute Gasteiger partial charge is 0.382 e. The number of hydrogen-bond acceptors (Lipinski definition) is 4. The molecule has 5 nitrogen and oxygen atoms in total. The smallest absolute Gasteiger partial charge is 0.254 e. The Bertz CT molecular complexity index is 547. The Morgan fingerprint density at radius 2 is 1.88 bits per heavy atom. The Morgan fingerprint density at radius 1 is 1.17 bits per heavy atom. The van der Waals surface area contributed by atoms with Crippen LogP contribution in [0.5, 0.6) is 0 Å². The highest BCUT2D eigenvalue weighted by molar-refractivity contribution is 5.95. The summed E-state index contributed by atoms with van der Waals surface area (Å²) in [4.78, 5) is 17.2. The summed E-state index contributed by atoms with van der Waals surface area (Å²) >= 11 is 0. The first kappa shape index (κ1) is 17.2. The van der Waals surface area contributed by atoms with Gasteiger partial charge in [0.15, 0.2) is 0 Å². The number of nitrogens with zero attached hydrogens (tertiary/aromatic N) is 2. The molecule has 1 N–H and O–H groups in total. The van der Waals surface area contributed by atoms with E-state index in [1.54, 1.807) is 0 Å². The zero-order chi connectivity index (χ0) is 16.9. The quantitative estimate of drug-likeness (QED) is 0.920. The highest BCUT2D eigenvalue weighted by atomic mass is 16.5. The second-order valence-electron chi connectivity index (χ2n) is 7.03. The predicted octanol–water partition coefficient (Wildman–Crippen LogP) is 2.44. The first-order valence-electron chi connectivity index (χ1n) is 9.11. The van der Waals surface area contributed by atoms with Gasteiger partial charge in [0.25, 0.3) is 5.91 Å².